The summed E-state index contributed by atoms with van der Waals surface area (Å²) >= 11 is 5.76. The van der Waals surface area contributed by atoms with Gasteiger partial charge in [0.25, 0.3) is 11.8 Å². The van der Waals surface area contributed by atoms with Gasteiger partial charge in [0, 0.05) is 10.6 Å². The highest BCUT2D eigenvalue weighted by Gasteiger charge is 2.03. The first-order valence-electron chi connectivity index (χ1n) is 6.65. The summed E-state index contributed by atoms with van der Waals surface area (Å²) in [6.45, 7) is -0.176. The standard InChI is InChI=1S/C16H14ClN3O3/c17-13-5-3-12(4-6-13)16(22)20-19-9-11-1-7-14(8-2-11)23-10-15(18)21/h1-9H,10H2,(H2,18,21)(H,20,22)/b19-9-. The first kappa shape index (κ1) is 16.5. The third kappa shape index (κ3) is 5.44. The molecule has 2 rings (SSSR count). The van der Waals surface area contributed by atoms with Gasteiger partial charge in [-0.3, -0.25) is 9.59 Å². The largest absolute Gasteiger partial charge is 0.484 e. The maximum Gasteiger partial charge on any atom is 0.271 e. The number of hydrogen-bond acceptors (Lipinski definition) is 4. The van der Waals surface area contributed by atoms with Crippen molar-refractivity contribution in [2.45, 2.75) is 0 Å². The van der Waals surface area contributed by atoms with Crippen LogP contribution in [0.5, 0.6) is 5.75 Å². The van der Waals surface area contributed by atoms with Crippen molar-refractivity contribution in [2.75, 3.05) is 6.61 Å². The van der Waals surface area contributed by atoms with Crippen LogP contribution in [-0.2, 0) is 4.79 Å². The first-order chi connectivity index (χ1) is 11.0. The number of halogens is 1. The van der Waals surface area contributed by atoms with Gasteiger partial charge < -0.3 is 10.5 Å². The van der Waals surface area contributed by atoms with E-state index in [1.807, 2.05) is 0 Å². The van der Waals surface area contributed by atoms with Crippen LogP contribution in [0.25, 0.3) is 0 Å². The molecule has 0 saturated heterocycles. The van der Waals surface area contributed by atoms with Crippen molar-refractivity contribution < 1.29 is 14.3 Å². The second-order valence-electron chi connectivity index (χ2n) is 4.53. The number of carbonyl (C=O) groups excluding carboxylic acids is 2. The smallest absolute Gasteiger partial charge is 0.271 e. The number of hydrogen-bond donors (Lipinski definition) is 2. The molecule has 23 heavy (non-hydrogen) atoms. The fraction of sp³-hybridized carbons (Fsp3) is 0.0625. The zero-order chi connectivity index (χ0) is 16.7. The minimum Gasteiger partial charge on any atom is -0.484 e. The number of amides is 2. The number of benzene rings is 2. The number of hydrazone groups is 1. The number of carbonyl (C=O) groups is 2. The van der Waals surface area contributed by atoms with Crippen LogP contribution in [0, 0.1) is 0 Å². The highest BCUT2D eigenvalue weighted by molar-refractivity contribution is 6.30. The molecule has 0 spiro atoms. The third-order valence-electron chi connectivity index (χ3n) is 2.75. The summed E-state index contributed by atoms with van der Waals surface area (Å²) in [4.78, 5) is 22.4. The molecule has 2 aromatic rings. The van der Waals surface area contributed by atoms with E-state index in [1.54, 1.807) is 48.5 Å². The molecule has 0 aliphatic rings. The minimum atomic E-state index is -0.541. The molecule has 0 unspecified atom stereocenters. The minimum absolute atomic E-state index is 0.176. The molecular weight excluding hydrogens is 318 g/mol. The average Bonchev–Trinajstić information content (AvgIpc) is 2.54. The third-order valence-corrected chi connectivity index (χ3v) is 3.00. The molecule has 0 atom stereocenters. The summed E-state index contributed by atoms with van der Waals surface area (Å²) in [5.74, 6) is -0.356. The van der Waals surface area contributed by atoms with Crippen LogP contribution in [0.4, 0.5) is 0 Å². The fourth-order valence-electron chi connectivity index (χ4n) is 1.64. The van der Waals surface area contributed by atoms with Gasteiger partial charge in [0.15, 0.2) is 6.61 Å². The molecule has 6 nitrogen and oxygen atoms in total. The van der Waals surface area contributed by atoms with Gasteiger partial charge in [-0.05, 0) is 54.1 Å². The SMILES string of the molecule is NC(=O)COc1ccc(/C=N\NC(=O)c2ccc(Cl)cc2)cc1. The Balaban J connectivity index is 1.88. The molecule has 0 radical (unpaired) electrons. The Hall–Kier alpha value is -2.86. The second-order valence-corrected chi connectivity index (χ2v) is 4.97. The van der Waals surface area contributed by atoms with E-state index < -0.39 is 5.91 Å². The first-order valence-corrected chi connectivity index (χ1v) is 7.02. The topological polar surface area (TPSA) is 93.8 Å². The number of nitrogens with two attached hydrogens (primary N) is 1. The van der Waals surface area contributed by atoms with Gasteiger partial charge in [-0.2, -0.15) is 5.10 Å². The van der Waals surface area contributed by atoms with Crippen LogP contribution in [-0.4, -0.2) is 24.6 Å². The number of nitrogens with zero attached hydrogens (tertiary/aromatic N) is 1. The van der Waals surface area contributed by atoms with Crippen LogP contribution in [0.3, 0.4) is 0 Å². The maximum absolute atomic E-state index is 11.8. The van der Waals surface area contributed by atoms with Crippen molar-refractivity contribution >= 4 is 29.6 Å². The Morgan fingerprint density at radius 3 is 2.39 bits per heavy atom. The summed E-state index contributed by atoms with van der Waals surface area (Å²) in [5, 5.41) is 4.43. The van der Waals surface area contributed by atoms with Crippen LogP contribution < -0.4 is 15.9 Å². The van der Waals surface area contributed by atoms with Gasteiger partial charge in [-0.1, -0.05) is 11.6 Å². The van der Waals surface area contributed by atoms with Gasteiger partial charge in [-0.15, -0.1) is 0 Å². The van der Waals surface area contributed by atoms with Crippen molar-refractivity contribution in [1.29, 1.82) is 0 Å². The van der Waals surface area contributed by atoms with E-state index in [9.17, 15) is 9.59 Å². The average molecular weight is 332 g/mol. The fourth-order valence-corrected chi connectivity index (χ4v) is 1.76. The van der Waals surface area contributed by atoms with E-state index >= 15 is 0 Å². The van der Waals surface area contributed by atoms with Crippen LogP contribution in [0.1, 0.15) is 15.9 Å². The summed E-state index contributed by atoms with van der Waals surface area (Å²) in [7, 11) is 0. The molecule has 0 saturated carbocycles. The lowest BCUT2D eigenvalue weighted by Gasteiger charge is -2.03. The lowest BCUT2D eigenvalue weighted by atomic mass is 10.2. The van der Waals surface area contributed by atoms with E-state index in [0.717, 1.165) is 5.56 Å². The van der Waals surface area contributed by atoms with Crippen molar-refractivity contribution in [2.24, 2.45) is 10.8 Å². The predicted molar refractivity (Wildman–Crippen MR) is 87.6 cm³/mol. The number of ether oxygens (including phenoxy) is 1. The molecule has 2 amide bonds. The normalized spacial score (nSPS) is 10.5. The molecule has 0 fully saturated rings. The van der Waals surface area contributed by atoms with Crippen LogP contribution >= 0.6 is 11.6 Å². The number of nitrogens with one attached hydrogen (secondary N) is 1. The van der Waals surface area contributed by atoms with E-state index in [-0.39, 0.29) is 12.5 Å². The van der Waals surface area contributed by atoms with Crippen molar-refractivity contribution in [3.63, 3.8) is 0 Å². The second kappa shape index (κ2) is 7.95. The van der Waals surface area contributed by atoms with Crippen LogP contribution in [0.2, 0.25) is 5.02 Å². The van der Waals surface area contributed by atoms with Crippen molar-refractivity contribution in [1.82, 2.24) is 5.43 Å². The summed E-state index contributed by atoms with van der Waals surface area (Å²) in [5.41, 5.74) is 8.62. The maximum atomic E-state index is 11.8. The Morgan fingerprint density at radius 2 is 1.78 bits per heavy atom. The summed E-state index contributed by atoms with van der Waals surface area (Å²) in [6.07, 6.45) is 1.49. The predicted octanol–water partition coefficient (Wildman–Crippen LogP) is 1.97. The van der Waals surface area contributed by atoms with E-state index in [0.29, 0.717) is 16.3 Å². The van der Waals surface area contributed by atoms with Gasteiger partial charge >= 0.3 is 0 Å². The monoisotopic (exact) mass is 331 g/mol. The molecule has 0 aliphatic carbocycles. The number of primary amides is 1. The van der Waals surface area contributed by atoms with Crippen molar-refractivity contribution in [3.8, 4) is 5.75 Å². The lowest BCUT2D eigenvalue weighted by molar-refractivity contribution is -0.119. The van der Waals surface area contributed by atoms with Gasteiger partial charge in [0.1, 0.15) is 5.75 Å². The Kier molecular flexibility index (Phi) is 5.71. The van der Waals surface area contributed by atoms with Gasteiger partial charge in [0.05, 0.1) is 6.21 Å². The molecule has 2 aromatic carbocycles. The molecular formula is C16H14ClN3O3. The van der Waals surface area contributed by atoms with E-state index in [1.165, 1.54) is 6.21 Å². The quantitative estimate of drug-likeness (QED) is 0.626. The molecule has 0 aromatic heterocycles. The summed E-state index contributed by atoms with van der Waals surface area (Å²) < 4.78 is 5.13. The molecule has 118 valence electrons. The molecule has 0 bridgehead atoms. The molecule has 0 heterocycles. The van der Waals surface area contributed by atoms with Crippen molar-refractivity contribution in [3.05, 3.63) is 64.7 Å². The van der Waals surface area contributed by atoms with Gasteiger partial charge in [0.2, 0.25) is 0 Å². The molecule has 7 heteroatoms. The Bertz CT molecular complexity index is 712. The molecule has 3 N–H and O–H groups in total. The Morgan fingerprint density at radius 1 is 1.13 bits per heavy atom. The highest BCUT2D eigenvalue weighted by atomic mass is 35.5. The number of rotatable bonds is 6. The zero-order valence-corrected chi connectivity index (χ0v) is 12.8. The zero-order valence-electron chi connectivity index (χ0n) is 12.0. The van der Waals surface area contributed by atoms with E-state index in [4.69, 9.17) is 22.1 Å². The Labute approximate surface area is 137 Å². The highest BCUT2D eigenvalue weighted by Crippen LogP contribution is 2.11. The lowest BCUT2D eigenvalue weighted by Crippen LogP contribution is -2.20. The summed E-state index contributed by atoms with van der Waals surface area (Å²) in [6, 6.07) is 13.3. The molecule has 0 aliphatic heterocycles. The van der Waals surface area contributed by atoms with E-state index in [2.05, 4.69) is 10.5 Å². The van der Waals surface area contributed by atoms with Gasteiger partial charge in [-0.25, -0.2) is 5.43 Å². The van der Waals surface area contributed by atoms with Crippen LogP contribution in [0.15, 0.2) is 53.6 Å².